The fourth-order valence-corrected chi connectivity index (χ4v) is 2.16. The van der Waals surface area contributed by atoms with Gasteiger partial charge >= 0.3 is 6.18 Å². The van der Waals surface area contributed by atoms with Gasteiger partial charge in [-0.3, -0.25) is 4.98 Å². The standard InChI is InChI=1S/C10H6F3IN2/c11-10(12,13)5-2-1-3-7-8(5)9(14)6(15)4-16-7/h1-4H,15H2. The van der Waals surface area contributed by atoms with E-state index in [1.165, 1.54) is 18.3 Å². The quantitative estimate of drug-likeness (QED) is 0.748. The minimum Gasteiger partial charge on any atom is -0.397 e. The molecule has 0 bridgehead atoms. The summed E-state index contributed by atoms with van der Waals surface area (Å²) in [5, 5.41) is 0.0654. The van der Waals surface area contributed by atoms with E-state index in [2.05, 4.69) is 4.98 Å². The van der Waals surface area contributed by atoms with Crippen molar-refractivity contribution in [1.29, 1.82) is 0 Å². The minimum atomic E-state index is -4.39. The lowest BCUT2D eigenvalue weighted by Crippen LogP contribution is -2.07. The molecule has 84 valence electrons. The van der Waals surface area contributed by atoms with Crippen LogP contribution in [-0.4, -0.2) is 4.98 Å². The maximum atomic E-state index is 12.8. The van der Waals surface area contributed by atoms with E-state index < -0.39 is 11.7 Å². The second-order valence-corrected chi connectivity index (χ2v) is 4.30. The molecule has 16 heavy (non-hydrogen) atoms. The summed E-state index contributed by atoms with van der Waals surface area (Å²) in [5.41, 5.74) is 5.41. The average molecular weight is 338 g/mol. The number of hydrogen-bond acceptors (Lipinski definition) is 2. The van der Waals surface area contributed by atoms with Gasteiger partial charge in [0.2, 0.25) is 0 Å². The van der Waals surface area contributed by atoms with Crippen molar-refractivity contribution in [1.82, 2.24) is 4.98 Å². The summed E-state index contributed by atoms with van der Waals surface area (Å²) in [7, 11) is 0. The van der Waals surface area contributed by atoms with Gasteiger partial charge in [-0.25, -0.2) is 0 Å². The largest absolute Gasteiger partial charge is 0.417 e. The van der Waals surface area contributed by atoms with Crippen molar-refractivity contribution in [3.05, 3.63) is 33.5 Å². The number of nitrogens with two attached hydrogens (primary N) is 1. The first kappa shape index (κ1) is 11.4. The Morgan fingerprint density at radius 1 is 1.25 bits per heavy atom. The number of anilines is 1. The Kier molecular flexibility index (Phi) is 2.69. The van der Waals surface area contributed by atoms with E-state index in [4.69, 9.17) is 5.73 Å². The molecule has 2 nitrogen and oxygen atoms in total. The van der Waals surface area contributed by atoms with Gasteiger partial charge in [0.15, 0.2) is 0 Å². The third-order valence-corrected chi connectivity index (χ3v) is 3.33. The molecule has 0 atom stereocenters. The lowest BCUT2D eigenvalue weighted by molar-refractivity contribution is -0.136. The molecule has 0 saturated carbocycles. The van der Waals surface area contributed by atoms with Crippen LogP contribution in [0.25, 0.3) is 10.9 Å². The van der Waals surface area contributed by atoms with Crippen molar-refractivity contribution in [3.63, 3.8) is 0 Å². The smallest absolute Gasteiger partial charge is 0.397 e. The molecule has 0 spiro atoms. The molecule has 0 fully saturated rings. The zero-order chi connectivity index (χ0) is 11.9. The molecular formula is C10H6F3IN2. The molecule has 0 aliphatic rings. The number of nitrogen functional groups attached to an aromatic ring is 1. The first-order valence-corrected chi connectivity index (χ1v) is 5.39. The molecule has 0 amide bonds. The summed E-state index contributed by atoms with van der Waals surface area (Å²) in [6.45, 7) is 0. The van der Waals surface area contributed by atoms with Gasteiger partial charge in [-0.05, 0) is 34.7 Å². The number of fused-ring (bicyclic) bond motifs is 1. The summed E-state index contributed by atoms with van der Waals surface area (Å²) in [6, 6.07) is 3.90. The van der Waals surface area contributed by atoms with E-state index in [1.54, 1.807) is 22.6 Å². The molecule has 6 heteroatoms. The maximum absolute atomic E-state index is 12.8. The fourth-order valence-electron chi connectivity index (χ4n) is 1.45. The van der Waals surface area contributed by atoms with Crippen LogP contribution in [0.15, 0.2) is 24.4 Å². The van der Waals surface area contributed by atoms with Gasteiger partial charge in [0.25, 0.3) is 0 Å². The molecule has 0 radical (unpaired) electrons. The number of halogens is 4. The molecule has 1 aromatic carbocycles. The van der Waals surface area contributed by atoms with E-state index in [1.807, 2.05) is 0 Å². The van der Waals surface area contributed by atoms with Crippen LogP contribution in [0.2, 0.25) is 0 Å². The van der Waals surface area contributed by atoms with Gasteiger partial charge in [-0.1, -0.05) is 6.07 Å². The van der Waals surface area contributed by atoms with Crippen LogP contribution in [-0.2, 0) is 6.18 Å². The molecule has 1 aromatic heterocycles. The highest BCUT2D eigenvalue weighted by atomic mass is 127. The monoisotopic (exact) mass is 338 g/mol. The van der Waals surface area contributed by atoms with Gasteiger partial charge in [0.05, 0.1) is 23.0 Å². The summed E-state index contributed by atoms with van der Waals surface area (Å²) < 4.78 is 38.7. The molecular weight excluding hydrogens is 332 g/mol. The first-order valence-electron chi connectivity index (χ1n) is 4.31. The van der Waals surface area contributed by atoms with E-state index >= 15 is 0 Å². The summed E-state index contributed by atoms with van der Waals surface area (Å²) in [6.07, 6.45) is -3.03. The normalized spacial score (nSPS) is 12.0. The van der Waals surface area contributed by atoms with Gasteiger partial charge in [-0.15, -0.1) is 0 Å². The minimum absolute atomic E-state index is 0.0654. The second-order valence-electron chi connectivity index (χ2n) is 3.22. The number of benzene rings is 1. The number of rotatable bonds is 0. The lowest BCUT2D eigenvalue weighted by atomic mass is 10.1. The molecule has 0 saturated heterocycles. The van der Waals surface area contributed by atoms with Crippen LogP contribution in [0.3, 0.4) is 0 Å². The van der Waals surface area contributed by atoms with Crippen molar-refractivity contribution in [2.75, 3.05) is 5.73 Å². The molecule has 2 N–H and O–H groups in total. The Balaban J connectivity index is 2.91. The predicted molar refractivity (Wildman–Crippen MR) is 63.9 cm³/mol. The highest BCUT2D eigenvalue weighted by Crippen LogP contribution is 2.37. The number of alkyl halides is 3. The van der Waals surface area contributed by atoms with Crippen molar-refractivity contribution >= 4 is 39.2 Å². The molecule has 2 aromatic rings. The van der Waals surface area contributed by atoms with Crippen LogP contribution in [0.4, 0.5) is 18.9 Å². The van der Waals surface area contributed by atoms with Crippen LogP contribution in [0.5, 0.6) is 0 Å². The van der Waals surface area contributed by atoms with E-state index in [0.717, 1.165) is 6.07 Å². The van der Waals surface area contributed by atoms with Crippen LogP contribution in [0.1, 0.15) is 5.56 Å². The van der Waals surface area contributed by atoms with Gasteiger partial charge in [0.1, 0.15) is 0 Å². The molecule has 2 rings (SSSR count). The first-order chi connectivity index (χ1) is 7.41. The highest BCUT2D eigenvalue weighted by Gasteiger charge is 2.33. The number of nitrogens with zero attached hydrogens (tertiary/aromatic N) is 1. The number of pyridine rings is 1. The van der Waals surface area contributed by atoms with Crippen molar-refractivity contribution in [2.24, 2.45) is 0 Å². The number of aromatic nitrogens is 1. The van der Waals surface area contributed by atoms with Crippen molar-refractivity contribution in [2.45, 2.75) is 6.18 Å². The maximum Gasteiger partial charge on any atom is 0.417 e. The predicted octanol–water partition coefficient (Wildman–Crippen LogP) is 3.44. The van der Waals surface area contributed by atoms with Gasteiger partial charge in [0, 0.05) is 8.96 Å². The van der Waals surface area contributed by atoms with Crippen molar-refractivity contribution < 1.29 is 13.2 Å². The van der Waals surface area contributed by atoms with Crippen LogP contribution in [0, 0.1) is 3.57 Å². The van der Waals surface area contributed by atoms with Gasteiger partial charge < -0.3 is 5.73 Å². The lowest BCUT2D eigenvalue weighted by Gasteiger charge is -2.12. The molecule has 0 aliphatic carbocycles. The van der Waals surface area contributed by atoms with Crippen molar-refractivity contribution in [3.8, 4) is 0 Å². The number of hydrogen-bond donors (Lipinski definition) is 1. The Morgan fingerprint density at radius 3 is 2.56 bits per heavy atom. The van der Waals surface area contributed by atoms with E-state index in [-0.39, 0.29) is 11.1 Å². The topological polar surface area (TPSA) is 38.9 Å². The zero-order valence-electron chi connectivity index (χ0n) is 7.85. The fraction of sp³-hybridized carbons (Fsp3) is 0.100. The van der Waals surface area contributed by atoms with Crippen LogP contribution < -0.4 is 5.73 Å². The third-order valence-electron chi connectivity index (χ3n) is 2.16. The third kappa shape index (κ3) is 1.81. The molecule has 0 aliphatic heterocycles. The molecule has 0 unspecified atom stereocenters. The highest BCUT2D eigenvalue weighted by molar-refractivity contribution is 14.1. The zero-order valence-corrected chi connectivity index (χ0v) is 10.0. The van der Waals surface area contributed by atoms with Crippen LogP contribution >= 0.6 is 22.6 Å². The Morgan fingerprint density at radius 2 is 1.94 bits per heavy atom. The second kappa shape index (κ2) is 3.76. The Bertz CT molecular complexity index is 551. The average Bonchev–Trinajstić information content (AvgIpc) is 2.21. The van der Waals surface area contributed by atoms with E-state index in [0.29, 0.717) is 9.09 Å². The molecule has 1 heterocycles. The Hall–Kier alpha value is -1.05. The summed E-state index contributed by atoms with van der Waals surface area (Å²) in [4.78, 5) is 3.89. The Labute approximate surface area is 103 Å². The summed E-state index contributed by atoms with van der Waals surface area (Å²) in [5.74, 6) is 0. The van der Waals surface area contributed by atoms with E-state index in [9.17, 15) is 13.2 Å². The summed E-state index contributed by atoms with van der Waals surface area (Å²) >= 11 is 1.80. The van der Waals surface area contributed by atoms with Gasteiger partial charge in [-0.2, -0.15) is 13.2 Å². The SMILES string of the molecule is Nc1cnc2cccc(C(F)(F)F)c2c1I.